The maximum absolute atomic E-state index is 3.58. The Morgan fingerprint density at radius 1 is 1.11 bits per heavy atom. The molecule has 2 aliphatic rings. The quantitative estimate of drug-likeness (QED) is 0.773. The highest BCUT2D eigenvalue weighted by molar-refractivity contribution is 4.84. The third-order valence-corrected chi connectivity index (χ3v) is 5.27. The van der Waals surface area contributed by atoms with E-state index in [2.05, 4.69) is 31.1 Å². The zero-order valence-electron chi connectivity index (χ0n) is 12.6. The van der Waals surface area contributed by atoms with Gasteiger partial charge in [-0.25, -0.2) is 0 Å². The van der Waals surface area contributed by atoms with Gasteiger partial charge < -0.3 is 10.2 Å². The van der Waals surface area contributed by atoms with Gasteiger partial charge in [0.15, 0.2) is 0 Å². The van der Waals surface area contributed by atoms with Gasteiger partial charge in [-0.15, -0.1) is 0 Å². The molecular weight excluding hydrogens is 220 g/mol. The van der Waals surface area contributed by atoms with Crippen molar-refractivity contribution in [3.8, 4) is 0 Å². The van der Waals surface area contributed by atoms with E-state index in [0.29, 0.717) is 0 Å². The molecule has 1 heterocycles. The van der Waals surface area contributed by atoms with Crippen LogP contribution in [0.25, 0.3) is 0 Å². The van der Waals surface area contributed by atoms with Gasteiger partial charge in [-0.2, -0.15) is 0 Å². The van der Waals surface area contributed by atoms with Crippen molar-refractivity contribution in [2.45, 2.75) is 58.4 Å². The highest BCUT2D eigenvalue weighted by Crippen LogP contribution is 2.28. The molecule has 1 N–H and O–H groups in total. The first-order valence-corrected chi connectivity index (χ1v) is 8.10. The molecule has 0 aromatic rings. The lowest BCUT2D eigenvalue weighted by molar-refractivity contribution is 0.218. The third-order valence-electron chi connectivity index (χ3n) is 5.27. The van der Waals surface area contributed by atoms with Crippen LogP contribution >= 0.6 is 0 Å². The van der Waals surface area contributed by atoms with Crippen LogP contribution in [-0.4, -0.2) is 37.6 Å². The highest BCUT2D eigenvalue weighted by Gasteiger charge is 2.29. The normalized spacial score (nSPS) is 35.0. The smallest absolute Gasteiger partial charge is 0.0104 e. The first-order chi connectivity index (χ1) is 8.70. The molecule has 0 radical (unpaired) electrons. The number of hydrogen-bond acceptors (Lipinski definition) is 2. The molecule has 0 aromatic carbocycles. The van der Waals surface area contributed by atoms with Crippen LogP contribution in [0.5, 0.6) is 0 Å². The summed E-state index contributed by atoms with van der Waals surface area (Å²) in [5.41, 5.74) is 0. The van der Waals surface area contributed by atoms with Crippen LogP contribution in [0.1, 0.15) is 52.4 Å². The Kier molecular flexibility index (Phi) is 5.50. The number of nitrogens with zero attached hydrogens (tertiary/aromatic N) is 1. The van der Waals surface area contributed by atoms with Gasteiger partial charge in [-0.05, 0) is 50.6 Å². The molecule has 18 heavy (non-hydrogen) atoms. The van der Waals surface area contributed by atoms with Crippen molar-refractivity contribution in [1.29, 1.82) is 0 Å². The van der Waals surface area contributed by atoms with Gasteiger partial charge in [0.25, 0.3) is 0 Å². The second kappa shape index (κ2) is 6.91. The molecule has 0 bridgehead atoms. The molecule has 2 rings (SSSR count). The Labute approximate surface area is 114 Å². The minimum Gasteiger partial charge on any atom is -0.317 e. The van der Waals surface area contributed by atoms with Crippen molar-refractivity contribution in [1.82, 2.24) is 10.2 Å². The summed E-state index contributed by atoms with van der Waals surface area (Å²) in [4.78, 5) is 2.74. The molecule has 106 valence electrons. The molecule has 0 spiro atoms. The first kappa shape index (κ1) is 14.3. The van der Waals surface area contributed by atoms with E-state index in [4.69, 9.17) is 0 Å². The van der Waals surface area contributed by atoms with E-state index in [0.717, 1.165) is 23.8 Å². The topological polar surface area (TPSA) is 15.3 Å². The lowest BCUT2D eigenvalue weighted by Crippen LogP contribution is -2.40. The molecular formula is C16H32N2. The fourth-order valence-electron chi connectivity index (χ4n) is 3.89. The zero-order chi connectivity index (χ0) is 13.0. The Morgan fingerprint density at radius 2 is 1.89 bits per heavy atom. The van der Waals surface area contributed by atoms with Crippen LogP contribution in [0.3, 0.4) is 0 Å². The Bertz CT molecular complexity index is 239. The monoisotopic (exact) mass is 252 g/mol. The van der Waals surface area contributed by atoms with Crippen molar-refractivity contribution < 1.29 is 0 Å². The molecule has 3 unspecified atom stereocenters. The predicted molar refractivity (Wildman–Crippen MR) is 78.8 cm³/mol. The van der Waals surface area contributed by atoms with E-state index in [9.17, 15) is 0 Å². The van der Waals surface area contributed by atoms with Gasteiger partial charge >= 0.3 is 0 Å². The standard InChI is InChI=1S/C16H32N2/c1-13(2)14-9-10-18(11-14)12-15-7-5-4-6-8-16(15)17-3/h13-17H,4-12H2,1-3H3. The fourth-order valence-corrected chi connectivity index (χ4v) is 3.89. The average molecular weight is 252 g/mol. The highest BCUT2D eigenvalue weighted by atomic mass is 15.2. The number of nitrogens with one attached hydrogen (secondary N) is 1. The molecule has 0 aromatic heterocycles. The van der Waals surface area contributed by atoms with Crippen molar-refractivity contribution in [3.63, 3.8) is 0 Å². The molecule has 2 nitrogen and oxygen atoms in total. The molecule has 2 fully saturated rings. The maximum atomic E-state index is 3.58. The van der Waals surface area contributed by atoms with E-state index >= 15 is 0 Å². The summed E-state index contributed by atoms with van der Waals surface area (Å²) in [6, 6.07) is 0.769. The van der Waals surface area contributed by atoms with E-state index in [1.165, 1.54) is 58.2 Å². The Hall–Kier alpha value is -0.0800. The average Bonchev–Trinajstić information content (AvgIpc) is 2.70. The van der Waals surface area contributed by atoms with Crippen molar-refractivity contribution in [2.24, 2.45) is 17.8 Å². The summed E-state index contributed by atoms with van der Waals surface area (Å²) in [5, 5.41) is 3.58. The van der Waals surface area contributed by atoms with E-state index in [1.54, 1.807) is 0 Å². The molecule has 1 aliphatic carbocycles. The van der Waals surface area contributed by atoms with Crippen LogP contribution in [0.4, 0.5) is 0 Å². The lowest BCUT2D eigenvalue weighted by atomic mass is 9.93. The fraction of sp³-hybridized carbons (Fsp3) is 1.00. The Balaban J connectivity index is 1.84. The second-order valence-corrected chi connectivity index (χ2v) is 6.85. The van der Waals surface area contributed by atoms with Crippen LogP contribution in [0.15, 0.2) is 0 Å². The van der Waals surface area contributed by atoms with Gasteiger partial charge in [-0.3, -0.25) is 0 Å². The largest absolute Gasteiger partial charge is 0.317 e. The minimum atomic E-state index is 0.769. The molecule has 1 saturated heterocycles. The zero-order valence-corrected chi connectivity index (χ0v) is 12.6. The van der Waals surface area contributed by atoms with Gasteiger partial charge in [0.2, 0.25) is 0 Å². The van der Waals surface area contributed by atoms with Crippen LogP contribution in [-0.2, 0) is 0 Å². The van der Waals surface area contributed by atoms with Crippen LogP contribution in [0, 0.1) is 17.8 Å². The molecule has 0 amide bonds. The van der Waals surface area contributed by atoms with Crippen molar-refractivity contribution in [2.75, 3.05) is 26.7 Å². The lowest BCUT2D eigenvalue weighted by Gasteiger charge is -2.29. The van der Waals surface area contributed by atoms with E-state index in [1.807, 2.05) is 0 Å². The molecule has 3 atom stereocenters. The van der Waals surface area contributed by atoms with E-state index < -0.39 is 0 Å². The van der Waals surface area contributed by atoms with Gasteiger partial charge in [-0.1, -0.05) is 33.1 Å². The summed E-state index contributed by atoms with van der Waals surface area (Å²) in [6.45, 7) is 8.81. The number of likely N-dealkylation sites (tertiary alicyclic amines) is 1. The summed E-state index contributed by atoms with van der Waals surface area (Å²) in [5.74, 6) is 2.71. The Morgan fingerprint density at radius 3 is 2.56 bits per heavy atom. The van der Waals surface area contributed by atoms with Gasteiger partial charge in [0.1, 0.15) is 0 Å². The number of rotatable bonds is 4. The van der Waals surface area contributed by atoms with Gasteiger partial charge in [0, 0.05) is 19.1 Å². The summed E-state index contributed by atoms with van der Waals surface area (Å²) >= 11 is 0. The maximum Gasteiger partial charge on any atom is 0.0104 e. The molecule has 2 heteroatoms. The summed E-state index contributed by atoms with van der Waals surface area (Å²) in [6.07, 6.45) is 8.58. The number of hydrogen-bond donors (Lipinski definition) is 1. The second-order valence-electron chi connectivity index (χ2n) is 6.85. The minimum absolute atomic E-state index is 0.769. The van der Waals surface area contributed by atoms with E-state index in [-0.39, 0.29) is 0 Å². The summed E-state index contributed by atoms with van der Waals surface area (Å²) in [7, 11) is 2.16. The van der Waals surface area contributed by atoms with Gasteiger partial charge in [0.05, 0.1) is 0 Å². The molecule has 1 aliphatic heterocycles. The van der Waals surface area contributed by atoms with Crippen molar-refractivity contribution in [3.05, 3.63) is 0 Å². The van der Waals surface area contributed by atoms with Crippen LogP contribution in [0.2, 0.25) is 0 Å². The SMILES string of the molecule is CNC1CCCCCC1CN1CCC(C(C)C)C1. The van der Waals surface area contributed by atoms with Crippen molar-refractivity contribution >= 4 is 0 Å². The predicted octanol–water partition coefficient (Wildman–Crippen LogP) is 3.13. The first-order valence-electron chi connectivity index (χ1n) is 8.10. The summed E-state index contributed by atoms with van der Waals surface area (Å²) < 4.78 is 0. The van der Waals surface area contributed by atoms with Crippen LogP contribution < -0.4 is 5.32 Å². The third kappa shape index (κ3) is 3.71. The molecule has 1 saturated carbocycles.